The molecule has 6 heterocycles. The molecule has 7 unspecified atom stereocenters. The van der Waals surface area contributed by atoms with Crippen molar-refractivity contribution < 1.29 is 119 Å². The predicted molar refractivity (Wildman–Crippen MR) is 424 cm³/mol. The van der Waals surface area contributed by atoms with Gasteiger partial charge in [-0.15, -0.1) is 0 Å². The lowest BCUT2D eigenvalue weighted by Gasteiger charge is -2.54. The molecular weight excluding hydrogens is 1560 g/mol. The normalized spacial score (nSPS) is 24.6. The van der Waals surface area contributed by atoms with Gasteiger partial charge in [-0.2, -0.15) is 0 Å². The first-order chi connectivity index (χ1) is 57.9. The Balaban J connectivity index is 0.958. The molecule has 0 spiro atoms. The van der Waals surface area contributed by atoms with Gasteiger partial charge in [0.05, 0.1) is 66.8 Å². The van der Waals surface area contributed by atoms with Crippen LogP contribution in [0.1, 0.15) is 145 Å². The summed E-state index contributed by atoms with van der Waals surface area (Å²) in [6, 6.07) is 56.7. The molecule has 0 bridgehead atoms. The maximum atomic E-state index is 16.1. The summed E-state index contributed by atoms with van der Waals surface area (Å²) >= 11 is 0. The van der Waals surface area contributed by atoms with Crippen molar-refractivity contribution in [3.05, 3.63) is 322 Å². The number of hydrogen-bond acceptors (Lipinski definition) is 25. The van der Waals surface area contributed by atoms with Crippen molar-refractivity contribution in [2.24, 2.45) is 0 Å². The van der Waals surface area contributed by atoms with Crippen LogP contribution in [0.5, 0.6) is 0 Å². The summed E-state index contributed by atoms with van der Waals surface area (Å²) in [5.41, 5.74) is -1.06. The van der Waals surface area contributed by atoms with Crippen molar-refractivity contribution >= 4 is 79.6 Å². The number of fused-ring (bicyclic) bond motifs is 3. The first-order valence-electron chi connectivity index (χ1n) is 38.7. The molecule has 0 radical (unpaired) electrons. The molecule has 3 saturated heterocycles. The second-order valence-corrected chi connectivity index (χ2v) is 35.3. The molecular formula is C91H81N3O25Si. The summed E-state index contributed by atoms with van der Waals surface area (Å²) in [7, 11) is -2.16. The minimum absolute atomic E-state index is 0.0261. The zero-order valence-corrected chi connectivity index (χ0v) is 66.6. The number of esters is 6. The minimum Gasteiger partial charge on any atom is -0.459 e. The summed E-state index contributed by atoms with van der Waals surface area (Å²) in [4.78, 5) is 187. The van der Waals surface area contributed by atoms with Gasteiger partial charge in [0.25, 0.3) is 35.4 Å². The zero-order valence-electron chi connectivity index (χ0n) is 65.6. The lowest BCUT2D eigenvalue weighted by molar-refractivity contribution is -0.358. The van der Waals surface area contributed by atoms with Crippen LogP contribution in [0.25, 0.3) is 0 Å². The predicted octanol–water partition coefficient (Wildman–Crippen LogP) is 11.2. The molecule has 3 fully saturated rings. The topological polar surface area (TPSA) is 335 Å². The third kappa shape index (κ3) is 16.5. The van der Waals surface area contributed by atoms with Gasteiger partial charge in [0.1, 0.15) is 74.6 Å². The molecule has 0 N–H and O–H groups in total. The third-order valence-corrected chi connectivity index (χ3v) is 26.7. The molecule has 6 amide bonds. The van der Waals surface area contributed by atoms with Crippen LogP contribution in [0.2, 0.25) is 18.1 Å². The molecule has 9 aromatic rings. The standard InChI is InChI=1S/C91H81N3O25Si/c1-91(2,3)120(5,6)119-72-66(51-110-84(103)54-35-17-9-18-36-54)113-90(69(75(72)116-87(106)57-41-23-12-24-42-57)94-80(99)62-47-29-30-48-63(62)81(94)100)118-71-65(50-109-83(102)53-33-15-8-16-34-53)112-89(68(74(71)115-86(105)56-39-21-11-22-40-56)93-78(97)60-45-27-28-46-61(60)79(93)98)117-70-64(49-108-82(101)52-31-13-7-14-32-52)111-88(107-4)67(73(70)114-85(104)55-37-19-10-20-38-55)92-76(95)58-43-25-26-44-59(58)77(92)96/h7-48,64-75,88-90H,49-51H2,1-6H3/t64?,65?,66?,67-,68+,69-,70+,71?,72+,73?,74+,75?,88+,89?,90-/m1/s1. The van der Waals surface area contributed by atoms with Crippen LogP contribution in [-0.4, -0.2) is 213 Å². The molecule has 0 saturated carbocycles. The zero-order chi connectivity index (χ0) is 84.3. The van der Waals surface area contributed by atoms with Gasteiger partial charge in [-0.3, -0.25) is 43.5 Å². The molecule has 15 atom stereocenters. The van der Waals surface area contributed by atoms with Crippen molar-refractivity contribution in [3.63, 3.8) is 0 Å². The Morgan fingerprint density at radius 1 is 0.308 bits per heavy atom. The van der Waals surface area contributed by atoms with Crippen LogP contribution in [-0.2, 0) is 61.3 Å². The summed E-state index contributed by atoms with van der Waals surface area (Å²) in [5.74, 6) is -12.2. The van der Waals surface area contributed by atoms with E-state index in [1.54, 1.807) is 84.9 Å². The van der Waals surface area contributed by atoms with Crippen LogP contribution < -0.4 is 0 Å². The fraction of sp³-hybridized carbons (Fsp3) is 0.275. The van der Waals surface area contributed by atoms with Gasteiger partial charge >= 0.3 is 35.8 Å². The summed E-state index contributed by atoms with van der Waals surface area (Å²) in [6.45, 7) is 6.82. The van der Waals surface area contributed by atoms with Crippen molar-refractivity contribution in [2.75, 3.05) is 26.9 Å². The van der Waals surface area contributed by atoms with Gasteiger partial charge in [-0.1, -0.05) is 166 Å². The number of hydrogen-bond donors (Lipinski definition) is 0. The fourth-order valence-electron chi connectivity index (χ4n) is 15.2. The average molecular weight is 1640 g/mol. The van der Waals surface area contributed by atoms with E-state index in [2.05, 4.69) is 0 Å². The van der Waals surface area contributed by atoms with Crippen LogP contribution >= 0.6 is 0 Å². The Labute approximate surface area is 689 Å². The number of carbonyl (C=O) groups excluding carboxylic acids is 12. The van der Waals surface area contributed by atoms with Crippen molar-refractivity contribution in [1.82, 2.24) is 14.7 Å². The SMILES string of the molecule is CO[C@H]1OC(COC(=O)c2ccccc2)[C@H](OC2OC(COC(=O)c3ccccc3)C(O[C@H]3OC(COC(=O)c4ccccc4)[C@H](O[Si](C)(C)C(C)(C)C)C(OC(=O)c4ccccc4)[C@H]3N3C(=O)c4ccccc4C3=O)[C@@H](OC(=O)c3ccccc3)[C@@H]2N2C(=O)c3ccccc3C2=O)C(OC(=O)c2ccccc2)[C@H]1N1C(=O)c2ccccc2C1=O. The lowest BCUT2D eigenvalue weighted by atomic mass is 9.91. The van der Waals surface area contributed by atoms with Crippen LogP contribution in [0.3, 0.4) is 0 Å². The first-order valence-corrected chi connectivity index (χ1v) is 41.6. The highest BCUT2D eigenvalue weighted by Gasteiger charge is 2.65. The van der Waals surface area contributed by atoms with E-state index in [0.717, 1.165) is 9.80 Å². The molecule has 6 aliphatic rings. The number of nitrogens with zero attached hydrogens (tertiary/aromatic N) is 3. The van der Waals surface area contributed by atoms with Crippen molar-refractivity contribution in [1.29, 1.82) is 0 Å². The molecule has 0 aliphatic carbocycles. The highest BCUT2D eigenvalue weighted by atomic mass is 28.4. The molecule has 28 nitrogen and oxygen atoms in total. The van der Waals surface area contributed by atoms with E-state index in [-0.39, 0.29) is 66.8 Å². The van der Waals surface area contributed by atoms with E-state index in [4.69, 9.17) is 61.3 Å². The number of amides is 6. The Morgan fingerprint density at radius 2 is 0.525 bits per heavy atom. The van der Waals surface area contributed by atoms with E-state index in [1.165, 1.54) is 177 Å². The highest BCUT2D eigenvalue weighted by molar-refractivity contribution is 6.74. The van der Waals surface area contributed by atoms with E-state index in [0.29, 0.717) is 4.90 Å². The average Bonchev–Trinajstić information content (AvgIpc) is 1.62. The van der Waals surface area contributed by atoms with Crippen molar-refractivity contribution in [3.8, 4) is 0 Å². The maximum absolute atomic E-state index is 16.1. The van der Waals surface area contributed by atoms with Crippen LogP contribution in [0, 0.1) is 0 Å². The van der Waals surface area contributed by atoms with Crippen LogP contribution in [0.4, 0.5) is 0 Å². The van der Waals surface area contributed by atoms with Gasteiger partial charge in [0.15, 0.2) is 45.5 Å². The Kier molecular flexibility index (Phi) is 24.0. The molecule has 614 valence electrons. The summed E-state index contributed by atoms with van der Waals surface area (Å²) in [5, 5.41) is -0.691. The molecule has 6 aliphatic heterocycles. The van der Waals surface area contributed by atoms with Gasteiger partial charge in [-0.25, -0.2) is 28.8 Å². The van der Waals surface area contributed by atoms with Crippen molar-refractivity contribution in [2.45, 2.75) is 131 Å². The second kappa shape index (κ2) is 35.0. The highest BCUT2D eigenvalue weighted by Crippen LogP contribution is 2.46. The Hall–Kier alpha value is -12.8. The third-order valence-electron chi connectivity index (χ3n) is 22.2. The number of methoxy groups -OCH3 is 1. The fourth-order valence-corrected chi connectivity index (χ4v) is 16.5. The van der Waals surface area contributed by atoms with Gasteiger partial charge in [0.2, 0.25) is 0 Å². The Morgan fingerprint density at radius 3 is 0.775 bits per heavy atom. The second-order valence-electron chi connectivity index (χ2n) is 30.6. The van der Waals surface area contributed by atoms with E-state index < -0.39 is 196 Å². The molecule has 29 heteroatoms. The van der Waals surface area contributed by atoms with Gasteiger partial charge < -0.3 is 61.3 Å². The molecule has 9 aromatic carbocycles. The summed E-state index contributed by atoms with van der Waals surface area (Å²) in [6.07, 6.45) is -24.6. The lowest BCUT2D eigenvalue weighted by Crippen LogP contribution is -2.73. The quantitative estimate of drug-likeness (QED) is 0.0222. The molecule has 0 aromatic heterocycles. The first kappa shape index (κ1) is 82.3. The van der Waals surface area contributed by atoms with Crippen LogP contribution in [0.15, 0.2) is 255 Å². The smallest absolute Gasteiger partial charge is 0.338 e. The molecule has 15 rings (SSSR count). The van der Waals surface area contributed by atoms with Gasteiger partial charge in [-0.05, 0) is 127 Å². The monoisotopic (exact) mass is 1640 g/mol. The largest absolute Gasteiger partial charge is 0.459 e. The maximum Gasteiger partial charge on any atom is 0.338 e. The van der Waals surface area contributed by atoms with E-state index in [9.17, 15) is 14.4 Å². The number of carbonyl (C=O) groups is 12. The van der Waals surface area contributed by atoms with E-state index >= 15 is 43.2 Å². The Bertz CT molecular complexity index is 5290. The number of rotatable bonds is 25. The van der Waals surface area contributed by atoms with E-state index in [1.807, 2.05) is 33.9 Å². The summed E-state index contributed by atoms with van der Waals surface area (Å²) < 4.78 is 88.6. The van der Waals surface area contributed by atoms with Gasteiger partial charge in [0, 0.05) is 7.11 Å². The number of benzene rings is 9. The number of ether oxygens (including phenoxy) is 12. The number of imide groups is 3. The minimum atomic E-state index is -3.33. The molecule has 120 heavy (non-hydrogen) atoms.